The summed E-state index contributed by atoms with van der Waals surface area (Å²) in [5, 5.41) is 1.05. The number of hydrogen-bond donors (Lipinski definition) is 0. The van der Waals surface area contributed by atoms with E-state index in [0.29, 0.717) is 17.9 Å². The van der Waals surface area contributed by atoms with Crippen LogP contribution in [0.3, 0.4) is 0 Å². The van der Waals surface area contributed by atoms with Crippen molar-refractivity contribution in [3.63, 3.8) is 0 Å². The molecule has 5 rings (SSSR count). The third-order valence-electron chi connectivity index (χ3n) is 6.60. The molecule has 0 spiro atoms. The zero-order valence-corrected chi connectivity index (χ0v) is 16.1. The van der Waals surface area contributed by atoms with Gasteiger partial charge in [0.2, 0.25) is 0 Å². The van der Waals surface area contributed by atoms with Gasteiger partial charge in [-0.15, -0.1) is 0 Å². The van der Waals surface area contributed by atoms with E-state index in [1.165, 1.54) is 24.8 Å². The number of ketones is 1. The molecule has 3 heteroatoms. The third kappa shape index (κ3) is 3.24. The molecular weight excluding hydrogens is 344 g/mol. The van der Waals surface area contributed by atoms with Gasteiger partial charge in [0.25, 0.3) is 0 Å². The number of benzene rings is 2. The molecule has 2 aliphatic rings. The molecule has 0 radical (unpaired) electrons. The van der Waals surface area contributed by atoms with Crippen LogP contribution in [0.1, 0.15) is 48.0 Å². The minimum atomic E-state index is 0.120. The number of para-hydroxylation sites is 1. The summed E-state index contributed by atoms with van der Waals surface area (Å²) in [5.41, 5.74) is 3.03. The van der Waals surface area contributed by atoms with E-state index >= 15 is 0 Å². The minimum absolute atomic E-state index is 0.120. The Bertz CT molecular complexity index is 965. The van der Waals surface area contributed by atoms with Gasteiger partial charge in [-0.25, -0.2) is 0 Å². The number of aromatic nitrogens is 1. The molecule has 3 aromatic rings. The molecule has 28 heavy (non-hydrogen) atoms. The van der Waals surface area contributed by atoms with Crippen LogP contribution < -0.4 is 0 Å². The van der Waals surface area contributed by atoms with Crippen LogP contribution in [-0.4, -0.2) is 27.8 Å². The molecule has 3 nitrogen and oxygen atoms in total. The normalized spacial score (nSPS) is 24.9. The number of Topliss-reactive ketones (excluding diaryl/α,β-unsaturated/α-hetero) is 1. The van der Waals surface area contributed by atoms with Crippen molar-refractivity contribution in [1.29, 1.82) is 0 Å². The fraction of sp³-hybridized carbons (Fsp3) is 0.360. The minimum Gasteiger partial charge on any atom is -0.294 e. The number of fused-ring (bicyclic) bond motifs is 3. The monoisotopic (exact) mass is 370 g/mol. The molecular formula is C25H26N2O. The highest BCUT2D eigenvalue weighted by Crippen LogP contribution is 2.39. The zero-order chi connectivity index (χ0) is 18.9. The van der Waals surface area contributed by atoms with Gasteiger partial charge < -0.3 is 0 Å². The second kappa shape index (κ2) is 7.48. The van der Waals surface area contributed by atoms with Gasteiger partial charge in [-0.05, 0) is 43.4 Å². The van der Waals surface area contributed by atoms with Crippen LogP contribution in [0.4, 0.5) is 0 Å². The van der Waals surface area contributed by atoms with Gasteiger partial charge in [0.1, 0.15) is 0 Å². The van der Waals surface area contributed by atoms with Gasteiger partial charge in [0.15, 0.2) is 5.78 Å². The fourth-order valence-electron chi connectivity index (χ4n) is 5.27. The lowest BCUT2D eigenvalue weighted by atomic mass is 9.75. The number of pyridine rings is 1. The molecule has 2 atom stereocenters. The summed E-state index contributed by atoms with van der Waals surface area (Å²) in [6, 6.07) is 21.7. The first-order chi connectivity index (χ1) is 13.8. The standard InChI is InChI=1S/C25H26N2O/c28-25(23-13-4-9-19-10-6-14-26-24(19)23)20-15-21-11-5-12-22(16-20)27(21)17-18-7-2-1-3-8-18/h1-4,6-10,13-14,20-22H,5,11-12,15-17H2. The van der Waals surface area contributed by atoms with Gasteiger partial charge in [-0.1, -0.05) is 55.0 Å². The van der Waals surface area contributed by atoms with Crippen LogP contribution in [0, 0.1) is 5.92 Å². The van der Waals surface area contributed by atoms with Crippen molar-refractivity contribution in [2.75, 3.05) is 0 Å². The fourth-order valence-corrected chi connectivity index (χ4v) is 5.27. The van der Waals surface area contributed by atoms with Gasteiger partial charge in [0, 0.05) is 41.7 Å². The van der Waals surface area contributed by atoms with Gasteiger partial charge in [0.05, 0.1) is 5.52 Å². The Kier molecular flexibility index (Phi) is 4.69. The molecule has 0 aliphatic carbocycles. The first kappa shape index (κ1) is 17.6. The summed E-state index contributed by atoms with van der Waals surface area (Å²) in [4.78, 5) is 20.6. The lowest BCUT2D eigenvalue weighted by molar-refractivity contribution is 0.00911. The van der Waals surface area contributed by atoms with Crippen molar-refractivity contribution < 1.29 is 4.79 Å². The van der Waals surface area contributed by atoms with E-state index in [2.05, 4.69) is 40.2 Å². The summed E-state index contributed by atoms with van der Waals surface area (Å²) >= 11 is 0. The van der Waals surface area contributed by atoms with E-state index in [9.17, 15) is 4.79 Å². The summed E-state index contributed by atoms with van der Waals surface area (Å²) in [7, 11) is 0. The second-order valence-corrected chi connectivity index (χ2v) is 8.31. The first-order valence-corrected chi connectivity index (χ1v) is 10.5. The van der Waals surface area contributed by atoms with E-state index in [-0.39, 0.29) is 5.92 Å². The number of carbonyl (C=O) groups is 1. The maximum Gasteiger partial charge on any atom is 0.168 e. The maximum absolute atomic E-state index is 13.5. The summed E-state index contributed by atoms with van der Waals surface area (Å²) < 4.78 is 0. The largest absolute Gasteiger partial charge is 0.294 e. The SMILES string of the molecule is O=C(c1cccc2cccnc12)C1CC2CCCC(C1)N2Cc1ccccc1. The predicted molar refractivity (Wildman–Crippen MR) is 112 cm³/mol. The predicted octanol–water partition coefficient (Wildman–Crippen LogP) is 5.25. The van der Waals surface area contributed by atoms with Crippen molar-refractivity contribution in [1.82, 2.24) is 9.88 Å². The average molecular weight is 370 g/mol. The molecule has 0 saturated carbocycles. The van der Waals surface area contributed by atoms with Crippen molar-refractivity contribution in [3.8, 4) is 0 Å². The van der Waals surface area contributed by atoms with Crippen LogP contribution in [0.5, 0.6) is 0 Å². The van der Waals surface area contributed by atoms with E-state index in [4.69, 9.17) is 0 Å². The Morgan fingerprint density at radius 1 is 0.929 bits per heavy atom. The molecule has 2 fully saturated rings. The summed E-state index contributed by atoms with van der Waals surface area (Å²) in [5.74, 6) is 0.412. The number of hydrogen-bond acceptors (Lipinski definition) is 3. The van der Waals surface area contributed by atoms with Crippen molar-refractivity contribution in [3.05, 3.63) is 78.0 Å². The topological polar surface area (TPSA) is 33.2 Å². The molecule has 2 bridgehead atoms. The second-order valence-electron chi connectivity index (χ2n) is 8.31. The number of nitrogens with zero attached hydrogens (tertiary/aromatic N) is 2. The van der Waals surface area contributed by atoms with Crippen LogP contribution in [-0.2, 0) is 6.54 Å². The van der Waals surface area contributed by atoms with E-state index in [1.54, 1.807) is 6.20 Å². The maximum atomic E-state index is 13.5. The zero-order valence-electron chi connectivity index (χ0n) is 16.1. The van der Waals surface area contributed by atoms with Crippen molar-refractivity contribution in [2.24, 2.45) is 5.92 Å². The quantitative estimate of drug-likeness (QED) is 0.588. The van der Waals surface area contributed by atoms with Crippen LogP contribution in [0.15, 0.2) is 66.9 Å². The summed E-state index contributed by atoms with van der Waals surface area (Å²) in [6.45, 7) is 1.01. The molecule has 2 saturated heterocycles. The Labute approximate surface area is 166 Å². The molecule has 0 amide bonds. The lowest BCUT2D eigenvalue weighted by Gasteiger charge is -2.48. The highest BCUT2D eigenvalue weighted by molar-refractivity contribution is 6.07. The van der Waals surface area contributed by atoms with Gasteiger partial charge in [-0.2, -0.15) is 0 Å². The number of carbonyl (C=O) groups excluding carboxylic acids is 1. The van der Waals surface area contributed by atoms with Crippen LogP contribution >= 0.6 is 0 Å². The van der Waals surface area contributed by atoms with Gasteiger partial charge >= 0.3 is 0 Å². The highest BCUT2D eigenvalue weighted by Gasteiger charge is 2.40. The first-order valence-electron chi connectivity index (χ1n) is 10.5. The van der Waals surface area contributed by atoms with Crippen LogP contribution in [0.2, 0.25) is 0 Å². The van der Waals surface area contributed by atoms with E-state index in [0.717, 1.165) is 35.9 Å². The molecule has 1 aromatic heterocycles. The molecule has 2 unspecified atom stereocenters. The molecule has 2 aliphatic heterocycles. The Morgan fingerprint density at radius 2 is 1.68 bits per heavy atom. The average Bonchev–Trinajstić information content (AvgIpc) is 2.73. The lowest BCUT2D eigenvalue weighted by Crippen LogP contribution is -2.52. The van der Waals surface area contributed by atoms with Crippen molar-refractivity contribution in [2.45, 2.75) is 50.7 Å². The number of piperidine rings is 2. The number of rotatable bonds is 4. The molecule has 0 N–H and O–H groups in total. The van der Waals surface area contributed by atoms with E-state index < -0.39 is 0 Å². The summed E-state index contributed by atoms with van der Waals surface area (Å²) in [6.07, 6.45) is 7.45. The molecule has 3 heterocycles. The third-order valence-corrected chi connectivity index (χ3v) is 6.60. The Morgan fingerprint density at radius 3 is 2.46 bits per heavy atom. The van der Waals surface area contributed by atoms with E-state index in [1.807, 2.05) is 30.3 Å². The van der Waals surface area contributed by atoms with Crippen LogP contribution in [0.25, 0.3) is 10.9 Å². The Balaban J connectivity index is 1.39. The van der Waals surface area contributed by atoms with Crippen molar-refractivity contribution >= 4 is 16.7 Å². The smallest absolute Gasteiger partial charge is 0.168 e. The highest BCUT2D eigenvalue weighted by atomic mass is 16.1. The molecule has 2 aromatic carbocycles. The van der Waals surface area contributed by atoms with Gasteiger partial charge in [-0.3, -0.25) is 14.7 Å². The Hall–Kier alpha value is -2.52. The molecule has 142 valence electrons.